The number of benzene rings is 1. The van der Waals surface area contributed by atoms with Crippen LogP contribution in [0.1, 0.15) is 11.1 Å². The number of rotatable bonds is 2. The van der Waals surface area contributed by atoms with E-state index in [4.69, 9.17) is 0 Å². The standard InChI is InChI=1S/C10H7BrF4/c11-5-1-2-7-3-4-9(12)8(6-7)10(13,14)15/h1-4,6H,5H2. The van der Waals surface area contributed by atoms with Crippen molar-refractivity contribution in [3.8, 4) is 0 Å². The van der Waals surface area contributed by atoms with Crippen molar-refractivity contribution in [3.63, 3.8) is 0 Å². The maximum absolute atomic E-state index is 12.8. The van der Waals surface area contributed by atoms with Crippen molar-refractivity contribution >= 4 is 22.0 Å². The molecule has 1 aromatic carbocycles. The Morgan fingerprint density at radius 3 is 2.47 bits per heavy atom. The Hall–Kier alpha value is -0.840. The second kappa shape index (κ2) is 4.79. The molecule has 0 atom stereocenters. The molecular formula is C10H7BrF4. The van der Waals surface area contributed by atoms with Crippen LogP contribution in [0, 0.1) is 5.82 Å². The van der Waals surface area contributed by atoms with E-state index in [0.717, 1.165) is 12.1 Å². The lowest BCUT2D eigenvalue weighted by Gasteiger charge is -2.08. The van der Waals surface area contributed by atoms with E-state index in [0.29, 0.717) is 10.9 Å². The second-order valence-corrected chi connectivity index (χ2v) is 3.44. The van der Waals surface area contributed by atoms with Crippen LogP contribution in [-0.4, -0.2) is 5.33 Å². The fourth-order valence-electron chi connectivity index (χ4n) is 1.04. The molecule has 0 aliphatic rings. The Balaban J connectivity index is 3.11. The van der Waals surface area contributed by atoms with Gasteiger partial charge in [-0.3, -0.25) is 0 Å². The monoisotopic (exact) mass is 282 g/mol. The summed E-state index contributed by atoms with van der Waals surface area (Å²) in [5, 5.41) is 0.533. The molecule has 0 fully saturated rings. The van der Waals surface area contributed by atoms with Crippen molar-refractivity contribution in [2.75, 3.05) is 5.33 Å². The van der Waals surface area contributed by atoms with E-state index in [1.165, 1.54) is 12.1 Å². The van der Waals surface area contributed by atoms with Gasteiger partial charge in [-0.15, -0.1) is 0 Å². The van der Waals surface area contributed by atoms with E-state index < -0.39 is 17.6 Å². The van der Waals surface area contributed by atoms with Crippen molar-refractivity contribution in [1.82, 2.24) is 0 Å². The first kappa shape index (κ1) is 12.2. The molecular weight excluding hydrogens is 276 g/mol. The summed E-state index contributed by atoms with van der Waals surface area (Å²) in [5.41, 5.74) is -0.914. The van der Waals surface area contributed by atoms with E-state index in [2.05, 4.69) is 15.9 Å². The molecule has 1 aromatic rings. The molecule has 0 spiro atoms. The molecule has 0 aliphatic heterocycles. The number of halogens is 5. The molecule has 0 saturated heterocycles. The number of hydrogen-bond acceptors (Lipinski definition) is 0. The van der Waals surface area contributed by atoms with Gasteiger partial charge in [0.05, 0.1) is 5.56 Å². The average Bonchev–Trinajstić information content (AvgIpc) is 2.15. The Morgan fingerprint density at radius 1 is 1.27 bits per heavy atom. The van der Waals surface area contributed by atoms with Gasteiger partial charge in [0.2, 0.25) is 0 Å². The quantitative estimate of drug-likeness (QED) is 0.562. The average molecular weight is 283 g/mol. The smallest absolute Gasteiger partial charge is 0.206 e. The topological polar surface area (TPSA) is 0 Å². The number of hydrogen-bond donors (Lipinski definition) is 0. The third kappa shape index (κ3) is 3.34. The zero-order valence-corrected chi connectivity index (χ0v) is 9.07. The highest BCUT2D eigenvalue weighted by Gasteiger charge is 2.33. The summed E-state index contributed by atoms with van der Waals surface area (Å²) in [5.74, 6) is -1.25. The van der Waals surface area contributed by atoms with Crippen molar-refractivity contribution in [1.29, 1.82) is 0 Å². The fourth-order valence-corrected chi connectivity index (χ4v) is 1.23. The molecule has 0 unspecified atom stereocenters. The summed E-state index contributed by atoms with van der Waals surface area (Å²) in [7, 11) is 0. The summed E-state index contributed by atoms with van der Waals surface area (Å²) < 4.78 is 49.7. The Bertz CT molecular complexity index is 368. The largest absolute Gasteiger partial charge is 0.419 e. The summed E-state index contributed by atoms with van der Waals surface area (Å²) in [6, 6.07) is 2.90. The van der Waals surface area contributed by atoms with Crippen molar-refractivity contribution in [3.05, 3.63) is 41.2 Å². The van der Waals surface area contributed by atoms with Gasteiger partial charge in [-0.1, -0.05) is 34.1 Å². The molecule has 82 valence electrons. The Labute approximate surface area is 92.7 Å². The van der Waals surface area contributed by atoms with Crippen LogP contribution in [-0.2, 0) is 6.18 Å². The molecule has 0 bridgehead atoms. The van der Waals surface area contributed by atoms with Crippen molar-refractivity contribution < 1.29 is 17.6 Å². The molecule has 0 aliphatic carbocycles. The Morgan fingerprint density at radius 2 is 1.93 bits per heavy atom. The molecule has 1 rings (SSSR count). The predicted octanol–water partition coefficient (Wildman–Crippen LogP) is 4.25. The summed E-state index contributed by atoms with van der Waals surface area (Å²) >= 11 is 3.10. The lowest BCUT2D eigenvalue weighted by Crippen LogP contribution is -2.08. The SMILES string of the molecule is Fc1ccc(C=CCBr)cc1C(F)(F)F. The van der Waals surface area contributed by atoms with E-state index in [1.807, 2.05) is 0 Å². The van der Waals surface area contributed by atoms with Crippen LogP contribution in [0.15, 0.2) is 24.3 Å². The van der Waals surface area contributed by atoms with Gasteiger partial charge in [0, 0.05) is 5.33 Å². The van der Waals surface area contributed by atoms with Crippen LogP contribution in [0.2, 0.25) is 0 Å². The van der Waals surface area contributed by atoms with Crippen LogP contribution in [0.25, 0.3) is 6.08 Å². The molecule has 0 radical (unpaired) electrons. The van der Waals surface area contributed by atoms with Gasteiger partial charge in [-0.05, 0) is 17.7 Å². The van der Waals surface area contributed by atoms with Crippen LogP contribution < -0.4 is 0 Å². The molecule has 5 heteroatoms. The fraction of sp³-hybridized carbons (Fsp3) is 0.200. The predicted molar refractivity (Wildman–Crippen MR) is 54.2 cm³/mol. The minimum Gasteiger partial charge on any atom is -0.206 e. The zero-order valence-electron chi connectivity index (χ0n) is 7.48. The highest BCUT2D eigenvalue weighted by molar-refractivity contribution is 9.09. The van der Waals surface area contributed by atoms with Crippen LogP contribution in [0.5, 0.6) is 0 Å². The van der Waals surface area contributed by atoms with E-state index in [-0.39, 0.29) is 0 Å². The lowest BCUT2D eigenvalue weighted by atomic mass is 10.1. The minimum absolute atomic E-state index is 0.322. The van der Waals surface area contributed by atoms with Gasteiger partial charge < -0.3 is 0 Å². The van der Waals surface area contributed by atoms with Gasteiger partial charge in [0.1, 0.15) is 5.82 Å². The van der Waals surface area contributed by atoms with Crippen molar-refractivity contribution in [2.24, 2.45) is 0 Å². The first-order valence-corrected chi connectivity index (χ1v) is 5.16. The van der Waals surface area contributed by atoms with E-state index >= 15 is 0 Å². The van der Waals surface area contributed by atoms with Gasteiger partial charge in [-0.2, -0.15) is 13.2 Å². The molecule has 0 saturated carbocycles. The van der Waals surface area contributed by atoms with Gasteiger partial charge in [-0.25, -0.2) is 4.39 Å². The van der Waals surface area contributed by atoms with Gasteiger partial charge in [0.15, 0.2) is 0 Å². The van der Waals surface area contributed by atoms with Gasteiger partial charge >= 0.3 is 6.18 Å². The van der Waals surface area contributed by atoms with E-state index in [9.17, 15) is 17.6 Å². The number of alkyl halides is 4. The second-order valence-electron chi connectivity index (χ2n) is 2.79. The molecule has 0 N–H and O–H groups in total. The Kier molecular flexibility index (Phi) is 3.90. The highest BCUT2D eigenvalue weighted by Crippen LogP contribution is 2.32. The summed E-state index contributed by atoms with van der Waals surface area (Å²) in [6.07, 6.45) is -1.53. The first-order valence-electron chi connectivity index (χ1n) is 4.04. The van der Waals surface area contributed by atoms with Crippen LogP contribution in [0.4, 0.5) is 17.6 Å². The molecule has 0 heterocycles. The lowest BCUT2D eigenvalue weighted by molar-refractivity contribution is -0.140. The maximum atomic E-state index is 12.8. The van der Waals surface area contributed by atoms with Gasteiger partial charge in [0.25, 0.3) is 0 Å². The molecule has 0 amide bonds. The normalized spacial score (nSPS) is 12.3. The minimum atomic E-state index is -4.65. The zero-order chi connectivity index (χ0) is 11.5. The van der Waals surface area contributed by atoms with Crippen LogP contribution in [0.3, 0.4) is 0 Å². The molecule has 0 nitrogen and oxygen atoms in total. The summed E-state index contributed by atoms with van der Waals surface area (Å²) in [4.78, 5) is 0. The third-order valence-corrected chi connectivity index (χ3v) is 2.07. The molecule has 15 heavy (non-hydrogen) atoms. The highest BCUT2D eigenvalue weighted by atomic mass is 79.9. The van der Waals surface area contributed by atoms with E-state index in [1.54, 1.807) is 6.08 Å². The van der Waals surface area contributed by atoms with Crippen LogP contribution >= 0.6 is 15.9 Å². The maximum Gasteiger partial charge on any atom is 0.419 e. The first-order chi connectivity index (χ1) is 6.95. The number of allylic oxidation sites excluding steroid dienone is 1. The third-order valence-electron chi connectivity index (χ3n) is 1.70. The van der Waals surface area contributed by atoms with Crippen molar-refractivity contribution in [2.45, 2.75) is 6.18 Å². The summed E-state index contributed by atoms with van der Waals surface area (Å²) in [6.45, 7) is 0. The molecule has 0 aromatic heterocycles.